The molecule has 18 nitrogen and oxygen atoms in total. The Morgan fingerprint density at radius 3 is 0.911 bits per heavy atom. The van der Waals surface area contributed by atoms with Crippen molar-refractivity contribution in [3.63, 3.8) is 0 Å². The first-order chi connectivity index (χ1) is 38.9. The normalized spacial score (nSPS) is 12.4. The van der Waals surface area contributed by atoms with Gasteiger partial charge in [0.2, 0.25) is 17.7 Å². The molecule has 0 aliphatic rings. The lowest BCUT2D eigenvalue weighted by Crippen LogP contribution is -2.43. The van der Waals surface area contributed by atoms with E-state index in [9.17, 15) is 14.4 Å². The zero-order chi connectivity index (χ0) is 54.3. The van der Waals surface area contributed by atoms with Crippen LogP contribution in [0.5, 0.6) is 0 Å². The fourth-order valence-corrected chi connectivity index (χ4v) is 8.86. The molecule has 9 aromatic rings. The molecule has 9 N–H and O–H groups in total. The number of rotatable bonds is 30. The Morgan fingerprint density at radius 2 is 0.658 bits per heavy atom. The first kappa shape index (κ1) is 54.9. The van der Waals surface area contributed by atoms with Crippen molar-refractivity contribution in [2.45, 2.75) is 63.1 Å². The van der Waals surface area contributed by atoms with Gasteiger partial charge in [-0.2, -0.15) is 0 Å². The maximum Gasteiger partial charge on any atom is 0.241 e. The Labute approximate surface area is 458 Å². The van der Waals surface area contributed by atoms with Crippen LogP contribution in [0.25, 0.3) is 0 Å². The summed E-state index contributed by atoms with van der Waals surface area (Å²) in [4.78, 5) is 63.7. The molecular weight excluding hydrogens is 997 g/mol. The van der Waals surface area contributed by atoms with Crippen LogP contribution in [0.15, 0.2) is 201 Å². The van der Waals surface area contributed by atoms with Crippen molar-refractivity contribution in [1.82, 2.24) is 45.9 Å². The van der Waals surface area contributed by atoms with E-state index < -0.39 is 18.1 Å². The van der Waals surface area contributed by atoms with Gasteiger partial charge in [-0.1, -0.05) is 127 Å². The molecule has 0 unspecified atom stereocenters. The summed E-state index contributed by atoms with van der Waals surface area (Å²) in [5, 5.41) is 19.0. The van der Waals surface area contributed by atoms with Crippen molar-refractivity contribution in [2.75, 3.05) is 36.1 Å². The molecule has 404 valence electrons. The van der Waals surface area contributed by atoms with E-state index in [4.69, 9.17) is 14.2 Å². The molecule has 0 aliphatic heterocycles. The lowest BCUT2D eigenvalue weighted by molar-refractivity contribution is -0.119. The molecule has 0 aliphatic carbocycles. The van der Waals surface area contributed by atoms with E-state index in [2.05, 4.69) is 61.8 Å². The third kappa shape index (κ3) is 17.1. The van der Waals surface area contributed by atoms with E-state index >= 15 is 0 Å². The Bertz CT molecular complexity index is 2840. The predicted octanol–water partition coefficient (Wildman–Crippen LogP) is 7.98. The molecule has 3 heterocycles. The molecule has 18 heteroatoms. The van der Waals surface area contributed by atoms with Crippen molar-refractivity contribution in [3.05, 3.63) is 252 Å². The number of H-pyrrole nitrogens is 3. The standard InChI is InChI=1S/C61H64N12O6/c74-59(55(28-52-31-62-37-65-52)68-40-77-34-43-10-4-1-5-11-43)71-49-22-16-46(17-23-49)58(47-18-24-50(25-19-47)72-60(75)56(29-53-32-63-38-66-53)69-41-78-35-44-12-6-2-7-13-44)48-20-26-51(27-21-48)73-61(76)57(30-54-33-64-39-67-54)70-42-79-36-45-14-8-3-9-15-45/h1-27,31-33,37-39,55-58,68-70H,28-30,34-36,40-42H2,(H,62,65)(H,63,66)(H,64,67)(H,71,74)(H,72,75)(H,73,76)/t55-,56-,57-/m0/s1. The topological polar surface area (TPSA) is 237 Å². The second kappa shape index (κ2) is 29.0. The summed E-state index contributed by atoms with van der Waals surface area (Å²) >= 11 is 0. The van der Waals surface area contributed by atoms with Crippen LogP contribution >= 0.6 is 0 Å². The van der Waals surface area contributed by atoms with Crippen molar-refractivity contribution in [2.24, 2.45) is 0 Å². The third-order valence-corrected chi connectivity index (χ3v) is 13.0. The van der Waals surface area contributed by atoms with E-state index in [1.165, 1.54) is 0 Å². The number of nitrogens with zero attached hydrogens (tertiary/aromatic N) is 3. The summed E-state index contributed by atoms with van der Waals surface area (Å²) in [6, 6.07) is 50.8. The Morgan fingerprint density at radius 1 is 0.380 bits per heavy atom. The number of aromatic nitrogens is 6. The van der Waals surface area contributed by atoms with E-state index in [1.54, 1.807) is 37.6 Å². The van der Waals surface area contributed by atoms with Gasteiger partial charge in [0.05, 0.1) is 94.2 Å². The molecule has 0 bridgehead atoms. The molecule has 9 rings (SSSR count). The van der Waals surface area contributed by atoms with Crippen LogP contribution in [0, 0.1) is 0 Å². The van der Waals surface area contributed by atoms with Gasteiger partial charge in [0.25, 0.3) is 0 Å². The molecule has 0 saturated carbocycles. The van der Waals surface area contributed by atoms with Gasteiger partial charge in [0, 0.05) is 60.8 Å². The van der Waals surface area contributed by atoms with Crippen LogP contribution in [-0.4, -0.2) is 85.9 Å². The van der Waals surface area contributed by atoms with Gasteiger partial charge in [-0.3, -0.25) is 30.3 Å². The highest BCUT2D eigenvalue weighted by atomic mass is 16.5. The predicted molar refractivity (Wildman–Crippen MR) is 302 cm³/mol. The van der Waals surface area contributed by atoms with Crippen molar-refractivity contribution in [3.8, 4) is 0 Å². The first-order valence-corrected chi connectivity index (χ1v) is 26.1. The number of carbonyl (C=O) groups excluding carboxylic acids is 3. The van der Waals surface area contributed by atoms with Gasteiger partial charge in [-0.25, -0.2) is 15.0 Å². The number of hydrogen-bond donors (Lipinski definition) is 9. The minimum atomic E-state index is -0.641. The summed E-state index contributed by atoms with van der Waals surface area (Å²) in [7, 11) is 0. The van der Waals surface area contributed by atoms with Gasteiger partial charge in [0.15, 0.2) is 0 Å². The number of ether oxygens (including phenoxy) is 3. The molecule has 3 aromatic heterocycles. The number of aromatic amines is 3. The van der Waals surface area contributed by atoms with Crippen LogP contribution in [0.4, 0.5) is 17.1 Å². The van der Waals surface area contributed by atoms with Gasteiger partial charge >= 0.3 is 0 Å². The highest BCUT2D eigenvalue weighted by Gasteiger charge is 2.24. The number of anilines is 3. The van der Waals surface area contributed by atoms with E-state index in [0.29, 0.717) is 56.1 Å². The SMILES string of the molecule is O=C(Nc1ccc(C(c2ccc(NC(=O)[C@H](Cc3c[nH]cn3)NCOCc3ccccc3)cc2)c2ccc(NC(=O)[C@H](Cc3c[nH]cn3)NCOCc3ccccc3)cc2)cc1)[C@H](Cc1c[nH]cn1)NCOCc1ccccc1. The fourth-order valence-electron chi connectivity index (χ4n) is 8.86. The molecule has 0 fully saturated rings. The Kier molecular flexibility index (Phi) is 20.2. The van der Waals surface area contributed by atoms with Crippen LogP contribution in [-0.2, 0) is 67.7 Å². The van der Waals surface area contributed by atoms with Crippen LogP contribution < -0.4 is 31.9 Å². The van der Waals surface area contributed by atoms with E-state index in [1.807, 2.05) is 164 Å². The largest absolute Gasteiger partial charge is 0.362 e. The number of benzene rings is 6. The second-order valence-corrected chi connectivity index (χ2v) is 18.8. The Balaban J connectivity index is 0.905. The first-order valence-electron chi connectivity index (χ1n) is 26.1. The zero-order valence-corrected chi connectivity index (χ0v) is 43.5. The van der Waals surface area contributed by atoms with E-state index in [-0.39, 0.29) is 43.8 Å². The monoisotopic (exact) mass is 1060 g/mol. The molecule has 3 amide bonds. The fraction of sp³-hybridized carbons (Fsp3) is 0.213. The maximum atomic E-state index is 13.9. The number of carbonyl (C=O) groups is 3. The summed E-state index contributed by atoms with van der Waals surface area (Å²) in [5.41, 5.74) is 9.90. The average Bonchev–Trinajstić information content (AvgIpc) is 4.34. The van der Waals surface area contributed by atoms with Gasteiger partial charge in [-0.15, -0.1) is 0 Å². The van der Waals surface area contributed by atoms with Crippen molar-refractivity contribution >= 4 is 34.8 Å². The van der Waals surface area contributed by atoms with Crippen LogP contribution in [0.2, 0.25) is 0 Å². The number of nitrogens with one attached hydrogen (secondary N) is 9. The van der Waals surface area contributed by atoms with Crippen molar-refractivity contribution < 1.29 is 28.6 Å². The minimum Gasteiger partial charge on any atom is -0.362 e. The van der Waals surface area contributed by atoms with Gasteiger partial charge in [-0.05, 0) is 69.8 Å². The molecule has 0 radical (unpaired) electrons. The zero-order valence-electron chi connectivity index (χ0n) is 43.5. The summed E-state index contributed by atoms with van der Waals surface area (Å²) in [6.45, 7) is 1.66. The highest BCUT2D eigenvalue weighted by Crippen LogP contribution is 2.34. The maximum absolute atomic E-state index is 13.9. The Hall–Kier alpha value is -8.88. The average molecular weight is 1060 g/mol. The minimum absolute atomic E-state index is 0.155. The molecule has 79 heavy (non-hydrogen) atoms. The molecule has 6 aromatic carbocycles. The summed E-state index contributed by atoms with van der Waals surface area (Å²) in [6.07, 6.45) is 11.1. The highest BCUT2D eigenvalue weighted by molar-refractivity contribution is 5.96. The molecule has 0 saturated heterocycles. The molecular formula is C61H64N12O6. The van der Waals surface area contributed by atoms with E-state index in [0.717, 1.165) is 50.5 Å². The quantitative estimate of drug-likeness (QED) is 0.0118. The second-order valence-electron chi connectivity index (χ2n) is 18.8. The third-order valence-electron chi connectivity index (χ3n) is 13.0. The van der Waals surface area contributed by atoms with Gasteiger partial charge in [0.1, 0.15) is 0 Å². The lowest BCUT2D eigenvalue weighted by Gasteiger charge is -2.22. The summed E-state index contributed by atoms with van der Waals surface area (Å²) in [5.74, 6) is -1.03. The number of imidazole rings is 3. The van der Waals surface area contributed by atoms with Gasteiger partial charge < -0.3 is 45.1 Å². The number of hydrogen-bond acceptors (Lipinski definition) is 12. The molecule has 0 spiro atoms. The number of amides is 3. The van der Waals surface area contributed by atoms with Crippen LogP contribution in [0.1, 0.15) is 56.4 Å². The van der Waals surface area contributed by atoms with Crippen molar-refractivity contribution in [1.29, 1.82) is 0 Å². The summed E-state index contributed by atoms with van der Waals surface area (Å²) < 4.78 is 17.7. The molecule has 3 atom stereocenters. The van der Waals surface area contributed by atoms with Crippen LogP contribution in [0.3, 0.4) is 0 Å². The smallest absolute Gasteiger partial charge is 0.241 e. The lowest BCUT2D eigenvalue weighted by atomic mass is 9.85.